The first-order valence-electron chi connectivity index (χ1n) is 22.6. The van der Waals surface area contributed by atoms with Gasteiger partial charge in [0.2, 0.25) is 0 Å². The van der Waals surface area contributed by atoms with Gasteiger partial charge >= 0.3 is 0 Å². The summed E-state index contributed by atoms with van der Waals surface area (Å²) in [5, 5.41) is 84.5. The fraction of sp³-hybridized carbons (Fsp3) is 1.00. The number of rotatable bonds is 7. The van der Waals surface area contributed by atoms with Crippen molar-refractivity contribution < 1.29 is 78.7 Å². The largest absolute Gasteiger partial charge is 0.394 e. The van der Waals surface area contributed by atoms with Crippen LogP contribution in [0.25, 0.3) is 0 Å². The Morgan fingerprint density at radius 1 is 0.627 bits per heavy atom. The molecule has 5 heterocycles. The van der Waals surface area contributed by atoms with Crippen LogP contribution in [-0.2, 0) is 37.9 Å². The number of hydrogen-bond donors (Lipinski definition) is 8. The van der Waals surface area contributed by atoms with Crippen molar-refractivity contribution in [1.29, 1.82) is 0 Å². The van der Waals surface area contributed by atoms with E-state index in [0.717, 1.165) is 58.0 Å². The van der Waals surface area contributed by atoms with Crippen molar-refractivity contribution in [3.05, 3.63) is 0 Å². The molecular formula is C43H70O16. The van der Waals surface area contributed by atoms with E-state index >= 15 is 0 Å². The molecule has 0 radical (unpaired) electrons. The molecule has 5 saturated heterocycles. The second-order valence-electron chi connectivity index (χ2n) is 20.6. The molecule has 0 aromatic heterocycles. The molecule has 0 bridgehead atoms. The summed E-state index contributed by atoms with van der Waals surface area (Å²) < 4.78 is 49.5. The summed E-state index contributed by atoms with van der Waals surface area (Å²) in [5.74, 6) is 3.30. The average Bonchev–Trinajstić information content (AvgIpc) is 3.67. The fourth-order valence-corrected chi connectivity index (χ4v) is 14.1. The normalized spacial score (nSPS) is 58.8. The Balaban J connectivity index is 0.887. The zero-order valence-electron chi connectivity index (χ0n) is 34.9. The molecule has 9 rings (SSSR count). The summed E-state index contributed by atoms with van der Waals surface area (Å²) in [4.78, 5) is 0. The van der Waals surface area contributed by atoms with Crippen LogP contribution < -0.4 is 0 Å². The first-order valence-corrected chi connectivity index (χ1v) is 22.6. The van der Waals surface area contributed by atoms with Crippen molar-refractivity contribution in [1.82, 2.24) is 0 Å². The second kappa shape index (κ2) is 16.4. The lowest BCUT2D eigenvalue weighted by molar-refractivity contribution is -0.382. The van der Waals surface area contributed by atoms with Gasteiger partial charge in [-0.2, -0.15) is 0 Å². The van der Waals surface area contributed by atoms with E-state index in [0.29, 0.717) is 41.4 Å². The molecule has 338 valence electrons. The van der Waals surface area contributed by atoms with Gasteiger partial charge in [0, 0.05) is 12.3 Å². The second-order valence-corrected chi connectivity index (χ2v) is 20.6. The van der Waals surface area contributed by atoms with Crippen molar-refractivity contribution in [3.63, 3.8) is 0 Å². The lowest BCUT2D eigenvalue weighted by atomic mass is 9.44. The maximum atomic E-state index is 11.9. The molecule has 16 heteroatoms. The van der Waals surface area contributed by atoms with E-state index in [-0.39, 0.29) is 36.3 Å². The van der Waals surface area contributed by atoms with Gasteiger partial charge in [-0.3, -0.25) is 0 Å². The summed E-state index contributed by atoms with van der Waals surface area (Å²) >= 11 is 0. The Labute approximate surface area is 346 Å². The SMILES string of the molecule is CC1CCC2(OC1)OC1CC3C4CCC5CC(OC6OC(CO)C(OC7OCC(O)C(O)C7O)C(O)C6OC6OCC(O)C(O)C6O)CCC5(C)C4CCC3(C)C1C2C. The predicted octanol–water partition coefficient (Wildman–Crippen LogP) is 0.545. The smallest absolute Gasteiger partial charge is 0.187 e. The van der Waals surface area contributed by atoms with Crippen LogP contribution in [-0.4, -0.2) is 165 Å². The van der Waals surface area contributed by atoms with Crippen molar-refractivity contribution in [2.45, 2.75) is 190 Å². The van der Waals surface area contributed by atoms with Crippen LogP contribution in [0.5, 0.6) is 0 Å². The molecule has 25 atom stereocenters. The van der Waals surface area contributed by atoms with E-state index in [4.69, 9.17) is 37.9 Å². The lowest BCUT2D eigenvalue weighted by Gasteiger charge is -2.61. The molecule has 5 aliphatic heterocycles. The minimum absolute atomic E-state index is 0.128. The highest BCUT2D eigenvalue weighted by atomic mass is 16.8. The Bertz CT molecular complexity index is 1470. The molecular weight excluding hydrogens is 772 g/mol. The standard InChI is InChI=1S/C43H70O16/c1-19-7-12-43(54-16-19)20(2)30-28(59-43)14-25-23-6-5-21-13-22(8-10-41(21,3)24(23)9-11-42(25,30)4)55-40-37(58-39-34(50)32(48)27(46)18-53-39)35(51)36(29(15-44)56-40)57-38-33(49)31(47)26(45)17-52-38/h19-40,44-51H,5-18H2,1-4H3. The quantitative estimate of drug-likeness (QED) is 0.164. The molecule has 25 unspecified atom stereocenters. The summed E-state index contributed by atoms with van der Waals surface area (Å²) in [6.07, 6.45) is -8.74. The zero-order chi connectivity index (χ0) is 41.8. The zero-order valence-corrected chi connectivity index (χ0v) is 34.9. The predicted molar refractivity (Wildman–Crippen MR) is 204 cm³/mol. The van der Waals surface area contributed by atoms with E-state index in [2.05, 4.69) is 27.7 Å². The van der Waals surface area contributed by atoms with Crippen LogP contribution in [0.15, 0.2) is 0 Å². The summed E-state index contributed by atoms with van der Waals surface area (Å²) in [7, 11) is 0. The van der Waals surface area contributed by atoms with E-state index in [1.165, 1.54) is 12.8 Å². The third-order valence-corrected chi connectivity index (χ3v) is 17.5. The van der Waals surface area contributed by atoms with E-state index in [1.807, 2.05) is 0 Å². The van der Waals surface area contributed by atoms with Crippen LogP contribution in [0.1, 0.15) is 91.9 Å². The number of hydrogen-bond acceptors (Lipinski definition) is 16. The van der Waals surface area contributed by atoms with Gasteiger partial charge in [0.15, 0.2) is 24.7 Å². The van der Waals surface area contributed by atoms with Gasteiger partial charge in [0.05, 0.1) is 38.6 Å². The number of aliphatic hydroxyl groups excluding tert-OH is 8. The van der Waals surface area contributed by atoms with Crippen molar-refractivity contribution in [2.24, 2.45) is 52.3 Å². The summed E-state index contributed by atoms with van der Waals surface area (Å²) in [6, 6.07) is 0. The molecule has 4 aliphatic carbocycles. The first-order chi connectivity index (χ1) is 28.1. The van der Waals surface area contributed by atoms with Gasteiger partial charge in [0.25, 0.3) is 0 Å². The third-order valence-electron chi connectivity index (χ3n) is 17.5. The van der Waals surface area contributed by atoms with Gasteiger partial charge in [-0.05, 0) is 104 Å². The van der Waals surface area contributed by atoms with Gasteiger partial charge in [-0.1, -0.05) is 27.7 Å². The van der Waals surface area contributed by atoms with Gasteiger partial charge in [-0.25, -0.2) is 0 Å². The average molecular weight is 843 g/mol. The molecule has 59 heavy (non-hydrogen) atoms. The minimum atomic E-state index is -1.68. The van der Waals surface area contributed by atoms with E-state index < -0.39 is 92.3 Å². The third kappa shape index (κ3) is 7.28. The number of ether oxygens (including phenoxy) is 8. The van der Waals surface area contributed by atoms with Crippen LogP contribution in [0.2, 0.25) is 0 Å². The van der Waals surface area contributed by atoms with Crippen LogP contribution in [0.4, 0.5) is 0 Å². The van der Waals surface area contributed by atoms with Crippen LogP contribution >= 0.6 is 0 Å². The van der Waals surface area contributed by atoms with Crippen LogP contribution in [0, 0.1) is 52.3 Å². The maximum absolute atomic E-state index is 11.9. The molecule has 1 spiro atoms. The molecule has 0 aromatic rings. The highest BCUT2D eigenvalue weighted by Crippen LogP contribution is 2.71. The Morgan fingerprint density at radius 2 is 1.29 bits per heavy atom. The number of fused-ring (bicyclic) bond motifs is 7. The Morgan fingerprint density at radius 3 is 1.93 bits per heavy atom. The highest BCUT2D eigenvalue weighted by molar-refractivity contribution is 5.15. The Hall–Kier alpha value is -0.640. The molecule has 16 nitrogen and oxygen atoms in total. The van der Waals surface area contributed by atoms with Gasteiger partial charge in [-0.15, -0.1) is 0 Å². The lowest BCUT2D eigenvalue weighted by Crippen LogP contribution is -2.66. The summed E-state index contributed by atoms with van der Waals surface area (Å²) in [6.45, 7) is 9.18. The van der Waals surface area contributed by atoms with Crippen molar-refractivity contribution in [3.8, 4) is 0 Å². The molecule has 8 N–H and O–H groups in total. The summed E-state index contributed by atoms with van der Waals surface area (Å²) in [5.41, 5.74) is 0.360. The van der Waals surface area contributed by atoms with Crippen LogP contribution in [0.3, 0.4) is 0 Å². The highest BCUT2D eigenvalue weighted by Gasteiger charge is 2.69. The van der Waals surface area contributed by atoms with Gasteiger partial charge < -0.3 is 78.7 Å². The molecule has 0 aromatic carbocycles. The fourth-order valence-electron chi connectivity index (χ4n) is 14.1. The molecule has 0 amide bonds. The first kappa shape index (κ1) is 43.6. The monoisotopic (exact) mass is 842 g/mol. The number of aliphatic hydroxyl groups is 8. The Kier molecular flexibility index (Phi) is 12.1. The van der Waals surface area contributed by atoms with Crippen molar-refractivity contribution in [2.75, 3.05) is 26.4 Å². The maximum Gasteiger partial charge on any atom is 0.187 e. The molecule has 9 aliphatic rings. The van der Waals surface area contributed by atoms with Gasteiger partial charge in [0.1, 0.15) is 61.0 Å². The van der Waals surface area contributed by atoms with E-state index in [9.17, 15) is 40.9 Å². The molecule has 4 saturated carbocycles. The molecule has 9 fully saturated rings. The topological polar surface area (TPSA) is 236 Å². The van der Waals surface area contributed by atoms with E-state index in [1.54, 1.807) is 0 Å². The van der Waals surface area contributed by atoms with Crippen molar-refractivity contribution >= 4 is 0 Å². The minimum Gasteiger partial charge on any atom is -0.394 e.